The van der Waals surface area contributed by atoms with Gasteiger partial charge < -0.3 is 20.3 Å². The van der Waals surface area contributed by atoms with Gasteiger partial charge >= 0.3 is 13.2 Å². The highest BCUT2D eigenvalue weighted by Gasteiger charge is 2.25. The standard InChI is InChI=1S/C3H7N2O5P/c1-10-2(4)5-3(6)11(7,8)9/h1H3,(H2,4,5,6)(H2,7,8,9). The van der Waals surface area contributed by atoms with Crippen molar-refractivity contribution in [1.82, 2.24) is 0 Å². The molecule has 0 aromatic heterocycles. The summed E-state index contributed by atoms with van der Waals surface area (Å²) < 4.78 is 14.3. The van der Waals surface area contributed by atoms with E-state index in [9.17, 15) is 9.36 Å². The summed E-state index contributed by atoms with van der Waals surface area (Å²) in [6, 6.07) is -0.585. The summed E-state index contributed by atoms with van der Waals surface area (Å²) >= 11 is 0. The first-order valence-corrected chi connectivity index (χ1v) is 3.97. The fourth-order valence-electron chi connectivity index (χ4n) is 0.205. The van der Waals surface area contributed by atoms with Gasteiger partial charge in [-0.05, 0) is 0 Å². The van der Waals surface area contributed by atoms with Crippen molar-refractivity contribution >= 4 is 19.3 Å². The third-order valence-corrected chi connectivity index (χ3v) is 1.26. The summed E-state index contributed by atoms with van der Waals surface area (Å²) in [5.41, 5.74) is 3.22. The third kappa shape index (κ3) is 3.72. The Balaban J connectivity index is 4.43. The van der Waals surface area contributed by atoms with Crippen LogP contribution in [0.3, 0.4) is 0 Å². The Labute approximate surface area is 62.0 Å². The molecular formula is C3H7N2O5P. The lowest BCUT2D eigenvalue weighted by molar-refractivity contribution is 0.255. The van der Waals surface area contributed by atoms with Crippen LogP contribution in [0, 0.1) is 0 Å². The summed E-state index contributed by atoms with van der Waals surface area (Å²) in [7, 11) is -3.69. The van der Waals surface area contributed by atoms with Crippen molar-refractivity contribution in [1.29, 1.82) is 0 Å². The molecule has 8 heteroatoms. The molecule has 64 valence electrons. The predicted molar refractivity (Wildman–Crippen MR) is 36.1 cm³/mol. The zero-order valence-corrected chi connectivity index (χ0v) is 6.49. The van der Waals surface area contributed by atoms with Crippen molar-refractivity contribution in [2.24, 2.45) is 10.7 Å². The van der Waals surface area contributed by atoms with Crippen LogP contribution in [0.15, 0.2) is 4.99 Å². The number of carbonyl (C=O) groups excluding carboxylic acids is 1. The molecule has 0 aromatic rings. The largest absolute Gasteiger partial charge is 0.468 e. The van der Waals surface area contributed by atoms with Gasteiger partial charge in [0.05, 0.1) is 7.11 Å². The van der Waals surface area contributed by atoms with E-state index in [1.165, 1.54) is 0 Å². The molecule has 0 radical (unpaired) electrons. The van der Waals surface area contributed by atoms with Gasteiger partial charge in [0.1, 0.15) is 0 Å². The average Bonchev–Trinajstić information content (AvgIpc) is 1.85. The van der Waals surface area contributed by atoms with E-state index in [0.717, 1.165) is 7.11 Å². The zero-order chi connectivity index (χ0) is 9.07. The maximum absolute atomic E-state index is 10.3. The second-order valence-electron chi connectivity index (χ2n) is 1.48. The number of methoxy groups -OCH3 is 1. The van der Waals surface area contributed by atoms with Crippen molar-refractivity contribution in [3.05, 3.63) is 0 Å². The molecule has 7 nitrogen and oxygen atoms in total. The molecule has 11 heavy (non-hydrogen) atoms. The Kier molecular flexibility index (Phi) is 3.18. The molecule has 1 amide bonds. The van der Waals surface area contributed by atoms with E-state index in [2.05, 4.69) is 9.73 Å². The Morgan fingerprint density at radius 1 is 1.64 bits per heavy atom. The van der Waals surface area contributed by atoms with E-state index in [0.29, 0.717) is 0 Å². The first-order chi connectivity index (χ1) is 4.88. The Bertz CT molecular complexity index is 230. The number of nitrogens with two attached hydrogens (primary N) is 1. The van der Waals surface area contributed by atoms with Crippen LogP contribution in [-0.2, 0) is 9.30 Å². The quantitative estimate of drug-likeness (QED) is 0.278. The van der Waals surface area contributed by atoms with Crippen LogP contribution in [-0.4, -0.2) is 28.6 Å². The summed E-state index contributed by atoms with van der Waals surface area (Å²) in [5, 5.41) is 0. The fourth-order valence-corrected chi connectivity index (χ4v) is 0.434. The fraction of sp³-hybridized carbons (Fsp3) is 0.333. The highest BCUT2D eigenvalue weighted by Crippen LogP contribution is 2.36. The minimum absolute atomic E-state index is 0.585. The van der Waals surface area contributed by atoms with E-state index in [-0.39, 0.29) is 0 Å². The van der Waals surface area contributed by atoms with Crippen molar-refractivity contribution in [2.45, 2.75) is 0 Å². The number of hydrogen-bond donors (Lipinski definition) is 3. The summed E-state index contributed by atoms with van der Waals surface area (Å²) in [4.78, 5) is 29.4. The van der Waals surface area contributed by atoms with Gasteiger partial charge in [0.15, 0.2) is 0 Å². The summed E-state index contributed by atoms with van der Waals surface area (Å²) in [5.74, 6) is 0. The van der Waals surface area contributed by atoms with Crippen LogP contribution in [0.4, 0.5) is 4.79 Å². The number of carbonyl (C=O) groups is 1. The van der Waals surface area contributed by atoms with Gasteiger partial charge in [0, 0.05) is 0 Å². The molecule has 0 bridgehead atoms. The van der Waals surface area contributed by atoms with Gasteiger partial charge in [0.25, 0.3) is 6.02 Å². The maximum Gasteiger partial charge on any atom is 0.415 e. The van der Waals surface area contributed by atoms with E-state index in [1.54, 1.807) is 0 Å². The molecule has 4 N–H and O–H groups in total. The van der Waals surface area contributed by atoms with Gasteiger partial charge in [-0.1, -0.05) is 0 Å². The van der Waals surface area contributed by atoms with Crippen molar-refractivity contribution < 1.29 is 23.9 Å². The molecule has 0 aromatic carbocycles. The van der Waals surface area contributed by atoms with Crippen molar-refractivity contribution in [3.63, 3.8) is 0 Å². The molecule has 0 saturated carbocycles. The van der Waals surface area contributed by atoms with Crippen molar-refractivity contribution in [2.75, 3.05) is 7.11 Å². The number of amidine groups is 1. The van der Waals surface area contributed by atoms with E-state index < -0.39 is 19.3 Å². The number of ether oxygens (including phenoxy) is 1. The first-order valence-electron chi connectivity index (χ1n) is 2.36. The van der Waals surface area contributed by atoms with Crippen molar-refractivity contribution in [3.8, 4) is 0 Å². The monoisotopic (exact) mass is 182 g/mol. The number of hydrogen-bond acceptors (Lipinski definition) is 3. The summed E-state index contributed by atoms with van der Waals surface area (Å²) in [6.07, 6.45) is 0. The lowest BCUT2D eigenvalue weighted by atomic mass is 11.1. The van der Waals surface area contributed by atoms with Gasteiger partial charge in [-0.25, -0.2) is 4.57 Å². The molecule has 0 aliphatic heterocycles. The second kappa shape index (κ2) is 3.47. The molecule has 0 atom stereocenters. The van der Waals surface area contributed by atoms with Gasteiger partial charge in [-0.15, -0.1) is 4.99 Å². The minimum atomic E-state index is -4.81. The van der Waals surface area contributed by atoms with Gasteiger partial charge in [-0.2, -0.15) is 0 Å². The molecule has 0 aliphatic rings. The normalized spacial score (nSPS) is 12.8. The Morgan fingerprint density at radius 2 is 2.09 bits per heavy atom. The van der Waals surface area contributed by atoms with Gasteiger partial charge in [0.2, 0.25) is 0 Å². The predicted octanol–water partition coefficient (Wildman–Crippen LogP) is -0.755. The van der Waals surface area contributed by atoms with Crippen LogP contribution in [0.25, 0.3) is 0 Å². The van der Waals surface area contributed by atoms with Crippen LogP contribution in [0.1, 0.15) is 0 Å². The smallest absolute Gasteiger partial charge is 0.415 e. The van der Waals surface area contributed by atoms with E-state index in [1.807, 2.05) is 0 Å². The number of rotatable bonds is 1. The van der Waals surface area contributed by atoms with E-state index in [4.69, 9.17) is 15.5 Å². The van der Waals surface area contributed by atoms with Crippen LogP contribution in [0.2, 0.25) is 0 Å². The lowest BCUT2D eigenvalue weighted by Crippen LogP contribution is -2.15. The van der Waals surface area contributed by atoms with Crippen LogP contribution < -0.4 is 5.73 Å². The molecule has 0 rings (SSSR count). The summed E-state index contributed by atoms with van der Waals surface area (Å²) in [6.45, 7) is 0. The Morgan fingerprint density at radius 3 is 2.36 bits per heavy atom. The molecule has 0 unspecified atom stereocenters. The molecule has 0 aliphatic carbocycles. The van der Waals surface area contributed by atoms with Crippen LogP contribution in [0.5, 0.6) is 0 Å². The first kappa shape index (κ1) is 10.1. The number of nitrogens with zero attached hydrogens (tertiary/aromatic N) is 1. The lowest BCUT2D eigenvalue weighted by Gasteiger charge is -1.97. The highest BCUT2D eigenvalue weighted by molar-refractivity contribution is 7.70. The SMILES string of the molecule is CO/C(N)=N\C(=O)P(=O)(O)O. The third-order valence-electron chi connectivity index (χ3n) is 0.664. The van der Waals surface area contributed by atoms with E-state index >= 15 is 0 Å². The topological polar surface area (TPSA) is 122 Å². The molecule has 0 saturated heterocycles. The molecule has 0 spiro atoms. The highest BCUT2D eigenvalue weighted by atomic mass is 31.2. The Hall–Kier alpha value is -0.910. The number of amides is 1. The zero-order valence-electron chi connectivity index (χ0n) is 5.59. The second-order valence-corrected chi connectivity index (χ2v) is 2.95. The number of aliphatic imine (C=N–C) groups is 1. The maximum atomic E-state index is 10.3. The molecule has 0 heterocycles. The molecule has 0 fully saturated rings. The van der Waals surface area contributed by atoms with Crippen LogP contribution >= 0.6 is 7.60 Å². The van der Waals surface area contributed by atoms with Gasteiger partial charge in [-0.3, -0.25) is 4.79 Å². The molecular weight excluding hydrogens is 175 g/mol. The minimum Gasteiger partial charge on any atom is -0.468 e. The average molecular weight is 182 g/mol.